The number of nitrogens with zero attached hydrogens (tertiary/aromatic N) is 5. The van der Waals surface area contributed by atoms with Crippen LogP contribution in [0.4, 0.5) is 10.1 Å². The zero-order valence-electron chi connectivity index (χ0n) is 17.7. The fourth-order valence-corrected chi connectivity index (χ4v) is 4.30. The van der Waals surface area contributed by atoms with Crippen molar-refractivity contribution in [2.45, 2.75) is 25.9 Å². The lowest BCUT2D eigenvalue weighted by molar-refractivity contribution is -0.118. The summed E-state index contributed by atoms with van der Waals surface area (Å²) < 4.78 is 17.4. The van der Waals surface area contributed by atoms with Crippen LogP contribution in [0.15, 0.2) is 57.7 Å². The number of amides is 1. The van der Waals surface area contributed by atoms with Crippen LogP contribution < -0.4 is 16.1 Å². The van der Waals surface area contributed by atoms with E-state index in [1.165, 1.54) is 30.1 Å². The molecule has 0 aliphatic heterocycles. The lowest BCUT2D eigenvalue weighted by atomic mass is 10.2. The van der Waals surface area contributed by atoms with Gasteiger partial charge in [0, 0.05) is 37.6 Å². The van der Waals surface area contributed by atoms with Crippen molar-refractivity contribution in [3.8, 4) is 0 Å². The number of halogens is 1. The maximum absolute atomic E-state index is 13.4. The van der Waals surface area contributed by atoms with Crippen LogP contribution in [0.2, 0.25) is 0 Å². The molecule has 1 amide bonds. The van der Waals surface area contributed by atoms with Crippen LogP contribution in [0.25, 0.3) is 11.2 Å². The molecule has 4 rings (SSSR count). The molecule has 166 valence electrons. The highest BCUT2D eigenvalue weighted by Gasteiger charge is 2.18. The number of fused-ring (bicyclic) bond motifs is 1. The van der Waals surface area contributed by atoms with Gasteiger partial charge in [-0.1, -0.05) is 6.07 Å². The number of hydrogen-bond acceptors (Lipinski definition) is 5. The van der Waals surface area contributed by atoms with Crippen molar-refractivity contribution in [3.05, 3.63) is 79.6 Å². The van der Waals surface area contributed by atoms with E-state index in [0.717, 1.165) is 9.44 Å². The first kappa shape index (κ1) is 21.7. The molecule has 0 atom stereocenters. The van der Waals surface area contributed by atoms with Crippen LogP contribution in [0.3, 0.4) is 0 Å². The summed E-state index contributed by atoms with van der Waals surface area (Å²) >= 11 is 1.55. The van der Waals surface area contributed by atoms with Gasteiger partial charge in [0.05, 0.1) is 12.9 Å². The fourth-order valence-electron chi connectivity index (χ4n) is 3.60. The Hall–Kier alpha value is -3.53. The number of rotatable bonds is 7. The molecule has 3 heterocycles. The molecule has 0 saturated carbocycles. The van der Waals surface area contributed by atoms with E-state index >= 15 is 0 Å². The Labute approximate surface area is 186 Å². The molecule has 0 spiro atoms. The minimum atomic E-state index is -0.438. The first-order chi connectivity index (χ1) is 15.4. The third-order valence-corrected chi connectivity index (χ3v) is 6.20. The molecule has 4 aromatic rings. The predicted molar refractivity (Wildman–Crippen MR) is 121 cm³/mol. The SMILES string of the molecule is Cn1c(=O)c2c(ncn2CCCC(=O)N(Cc2cccs2)c2ccc(F)cc2)n(C)c1=O. The van der Waals surface area contributed by atoms with Gasteiger partial charge in [0.25, 0.3) is 5.56 Å². The average molecular weight is 456 g/mol. The van der Waals surface area contributed by atoms with E-state index in [1.807, 2.05) is 17.5 Å². The summed E-state index contributed by atoms with van der Waals surface area (Å²) in [5, 5.41) is 1.95. The highest BCUT2D eigenvalue weighted by Crippen LogP contribution is 2.22. The molecule has 1 aromatic carbocycles. The summed E-state index contributed by atoms with van der Waals surface area (Å²) in [5.74, 6) is -0.463. The lowest BCUT2D eigenvalue weighted by Crippen LogP contribution is -2.37. The minimum absolute atomic E-state index is 0.102. The van der Waals surface area contributed by atoms with Gasteiger partial charge in [0.1, 0.15) is 5.82 Å². The topological polar surface area (TPSA) is 82.1 Å². The van der Waals surface area contributed by atoms with Crippen LogP contribution in [-0.4, -0.2) is 24.6 Å². The van der Waals surface area contributed by atoms with Crippen LogP contribution in [0.1, 0.15) is 17.7 Å². The van der Waals surface area contributed by atoms with Crippen LogP contribution >= 0.6 is 11.3 Å². The number of benzene rings is 1. The van der Waals surface area contributed by atoms with E-state index in [0.29, 0.717) is 36.4 Å². The number of anilines is 1. The molecular formula is C22H22FN5O3S. The molecule has 10 heteroatoms. The number of hydrogen-bond donors (Lipinski definition) is 0. The molecule has 8 nitrogen and oxygen atoms in total. The van der Waals surface area contributed by atoms with Gasteiger partial charge in [-0.3, -0.25) is 18.7 Å². The molecule has 32 heavy (non-hydrogen) atoms. The largest absolute Gasteiger partial charge is 0.332 e. The zero-order valence-corrected chi connectivity index (χ0v) is 18.5. The average Bonchev–Trinajstić information content (AvgIpc) is 3.45. The molecule has 0 aliphatic carbocycles. The Morgan fingerprint density at radius 2 is 1.88 bits per heavy atom. The Bertz CT molecular complexity index is 1370. The number of carbonyl (C=O) groups is 1. The fraction of sp³-hybridized carbons (Fsp3) is 0.273. The molecular weight excluding hydrogens is 433 g/mol. The Morgan fingerprint density at radius 3 is 2.56 bits per heavy atom. The van der Waals surface area contributed by atoms with Crippen molar-refractivity contribution in [2.24, 2.45) is 14.1 Å². The number of aromatic nitrogens is 4. The van der Waals surface area contributed by atoms with E-state index in [2.05, 4.69) is 4.98 Å². The molecule has 3 aromatic heterocycles. The van der Waals surface area contributed by atoms with Gasteiger partial charge in [-0.15, -0.1) is 11.3 Å². The minimum Gasteiger partial charge on any atom is -0.325 e. The van der Waals surface area contributed by atoms with Crippen molar-refractivity contribution >= 4 is 34.1 Å². The molecule has 0 radical (unpaired) electrons. The van der Waals surface area contributed by atoms with Gasteiger partial charge in [0.15, 0.2) is 11.2 Å². The number of aryl methyl sites for hydroxylation is 2. The van der Waals surface area contributed by atoms with Crippen molar-refractivity contribution < 1.29 is 9.18 Å². The normalized spacial score (nSPS) is 11.2. The van der Waals surface area contributed by atoms with E-state index < -0.39 is 11.2 Å². The van der Waals surface area contributed by atoms with Crippen LogP contribution in [0.5, 0.6) is 0 Å². The molecule has 0 fully saturated rings. The molecule has 0 N–H and O–H groups in total. The third-order valence-electron chi connectivity index (χ3n) is 5.34. The van der Waals surface area contributed by atoms with Gasteiger partial charge in [-0.05, 0) is 42.1 Å². The van der Waals surface area contributed by atoms with Crippen molar-refractivity contribution in [3.63, 3.8) is 0 Å². The van der Waals surface area contributed by atoms with Gasteiger partial charge in [-0.25, -0.2) is 14.2 Å². The first-order valence-electron chi connectivity index (χ1n) is 10.1. The Balaban J connectivity index is 1.52. The van der Waals surface area contributed by atoms with Crippen molar-refractivity contribution in [2.75, 3.05) is 4.90 Å². The Kier molecular flexibility index (Phi) is 6.04. The zero-order chi connectivity index (χ0) is 22.8. The van der Waals surface area contributed by atoms with E-state index in [9.17, 15) is 18.8 Å². The smallest absolute Gasteiger partial charge is 0.325 e. The Morgan fingerprint density at radius 1 is 1.12 bits per heavy atom. The summed E-state index contributed by atoms with van der Waals surface area (Å²) in [7, 11) is 2.99. The maximum Gasteiger partial charge on any atom is 0.332 e. The molecule has 0 saturated heterocycles. The monoisotopic (exact) mass is 455 g/mol. The summed E-state index contributed by atoms with van der Waals surface area (Å²) in [6.45, 7) is 0.796. The standard InChI is InChI=1S/C22H22FN5O3S/c1-25-20-19(21(30)26(2)22(25)31)27(14-24-20)11-3-6-18(29)28(13-17-5-4-12-32-17)16-9-7-15(23)8-10-16/h4-5,7-10,12,14H,3,6,11,13H2,1-2H3. The summed E-state index contributed by atoms with van der Waals surface area (Å²) in [4.78, 5) is 44.6. The molecule has 0 aliphatic rings. The quantitative estimate of drug-likeness (QED) is 0.429. The second-order valence-electron chi connectivity index (χ2n) is 7.46. The van der Waals surface area contributed by atoms with Crippen molar-refractivity contribution in [1.29, 1.82) is 0 Å². The van der Waals surface area contributed by atoms with Gasteiger partial charge < -0.3 is 9.47 Å². The predicted octanol–water partition coefficient (Wildman–Crippen LogP) is 2.65. The van der Waals surface area contributed by atoms with Crippen LogP contribution in [0, 0.1) is 5.82 Å². The molecule has 0 bridgehead atoms. The van der Waals surface area contributed by atoms with E-state index in [4.69, 9.17) is 0 Å². The van der Waals surface area contributed by atoms with Crippen LogP contribution in [-0.2, 0) is 32.0 Å². The maximum atomic E-state index is 13.4. The summed E-state index contributed by atoms with van der Waals surface area (Å²) in [5.41, 5.74) is 0.414. The lowest BCUT2D eigenvalue weighted by Gasteiger charge is -2.22. The van der Waals surface area contributed by atoms with Gasteiger partial charge in [0.2, 0.25) is 5.91 Å². The second kappa shape index (κ2) is 8.91. The number of imidazole rings is 1. The highest BCUT2D eigenvalue weighted by molar-refractivity contribution is 7.09. The number of thiophene rings is 1. The third kappa shape index (κ3) is 4.13. The first-order valence-corrected chi connectivity index (χ1v) is 10.9. The van der Waals surface area contributed by atoms with E-state index in [-0.39, 0.29) is 18.1 Å². The highest BCUT2D eigenvalue weighted by atomic mass is 32.1. The molecule has 0 unspecified atom stereocenters. The van der Waals surface area contributed by atoms with Gasteiger partial charge in [-0.2, -0.15) is 0 Å². The summed E-state index contributed by atoms with van der Waals surface area (Å²) in [6.07, 6.45) is 2.21. The number of carbonyl (C=O) groups excluding carboxylic acids is 1. The summed E-state index contributed by atoms with van der Waals surface area (Å²) in [6, 6.07) is 9.73. The second-order valence-corrected chi connectivity index (χ2v) is 8.49. The van der Waals surface area contributed by atoms with Gasteiger partial charge >= 0.3 is 5.69 Å². The van der Waals surface area contributed by atoms with Crippen molar-refractivity contribution in [1.82, 2.24) is 18.7 Å². The van der Waals surface area contributed by atoms with E-state index in [1.54, 1.807) is 40.0 Å².